The van der Waals surface area contributed by atoms with Crippen molar-refractivity contribution in [1.82, 2.24) is 4.57 Å². The average molecular weight is 260 g/mol. The fraction of sp³-hybridized carbons (Fsp3) is 0.545. The molecule has 0 spiro atoms. The van der Waals surface area contributed by atoms with Gasteiger partial charge in [-0.05, 0) is 12.1 Å². The van der Waals surface area contributed by atoms with Gasteiger partial charge in [-0.2, -0.15) is 0 Å². The zero-order chi connectivity index (χ0) is 12.2. The van der Waals surface area contributed by atoms with Crippen molar-refractivity contribution in [2.45, 2.75) is 32.4 Å². The molecule has 0 bridgehead atoms. The Morgan fingerprint density at radius 3 is 2.75 bits per heavy atom. The van der Waals surface area contributed by atoms with Gasteiger partial charge in [0, 0.05) is 20.9 Å². The van der Waals surface area contributed by atoms with E-state index in [0.29, 0.717) is 17.4 Å². The molecule has 1 aromatic rings. The van der Waals surface area contributed by atoms with Crippen molar-refractivity contribution in [2.75, 3.05) is 6.61 Å². The monoisotopic (exact) mass is 259 g/mol. The van der Waals surface area contributed by atoms with Gasteiger partial charge < -0.3 is 9.30 Å². The lowest BCUT2D eigenvalue weighted by atomic mass is 10.5. The summed E-state index contributed by atoms with van der Waals surface area (Å²) in [4.78, 5) is 10.7. The van der Waals surface area contributed by atoms with Crippen LogP contribution in [0.25, 0.3) is 0 Å². The third-order valence-corrected chi connectivity index (χ3v) is 4.15. The third-order valence-electron chi connectivity index (χ3n) is 2.24. The molecule has 0 atom stereocenters. The van der Waals surface area contributed by atoms with Crippen LogP contribution in [0.1, 0.15) is 10.5 Å². The molecule has 0 unspecified atom stereocenters. The van der Waals surface area contributed by atoms with E-state index in [4.69, 9.17) is 16.3 Å². The standard InChI is InChI=1S/C11H18ClNO2Si/c1-16(2,3)5-4-15-9-13-7-10(12)6-11(13)8-14/h6-8H,4-5,9H2,1-3H3. The van der Waals surface area contributed by atoms with Gasteiger partial charge in [-0.15, -0.1) is 0 Å². The fourth-order valence-electron chi connectivity index (χ4n) is 1.24. The lowest BCUT2D eigenvalue weighted by molar-refractivity contribution is 0.0838. The van der Waals surface area contributed by atoms with Gasteiger partial charge in [0.2, 0.25) is 0 Å². The van der Waals surface area contributed by atoms with E-state index >= 15 is 0 Å². The summed E-state index contributed by atoms with van der Waals surface area (Å²) in [7, 11) is -1.04. The molecular weight excluding hydrogens is 242 g/mol. The maximum atomic E-state index is 10.7. The van der Waals surface area contributed by atoms with E-state index in [0.717, 1.165) is 18.9 Å². The summed E-state index contributed by atoms with van der Waals surface area (Å²) < 4.78 is 7.25. The van der Waals surface area contributed by atoms with E-state index < -0.39 is 8.07 Å². The van der Waals surface area contributed by atoms with Crippen LogP contribution in [0.5, 0.6) is 0 Å². The zero-order valence-corrected chi connectivity index (χ0v) is 11.8. The number of nitrogens with zero attached hydrogens (tertiary/aromatic N) is 1. The number of aldehydes is 1. The third kappa shape index (κ3) is 4.51. The summed E-state index contributed by atoms with van der Waals surface area (Å²) in [5.74, 6) is 0. The van der Waals surface area contributed by atoms with Crippen LogP contribution in [0.2, 0.25) is 30.7 Å². The van der Waals surface area contributed by atoms with Crippen molar-refractivity contribution in [3.05, 3.63) is 23.0 Å². The lowest BCUT2D eigenvalue weighted by Gasteiger charge is -2.15. The number of aromatic nitrogens is 1. The second-order valence-corrected chi connectivity index (χ2v) is 11.1. The minimum Gasteiger partial charge on any atom is -0.361 e. The number of rotatable bonds is 6. The van der Waals surface area contributed by atoms with Crippen molar-refractivity contribution in [3.8, 4) is 0 Å². The SMILES string of the molecule is C[Si](C)(C)CCOCn1cc(Cl)cc1C=O. The van der Waals surface area contributed by atoms with Crippen LogP contribution in [-0.2, 0) is 11.5 Å². The van der Waals surface area contributed by atoms with Gasteiger partial charge in [0.25, 0.3) is 0 Å². The number of hydrogen-bond acceptors (Lipinski definition) is 2. The topological polar surface area (TPSA) is 31.2 Å². The van der Waals surface area contributed by atoms with E-state index in [1.54, 1.807) is 16.8 Å². The summed E-state index contributed by atoms with van der Waals surface area (Å²) in [6.45, 7) is 8.05. The molecule has 5 heteroatoms. The lowest BCUT2D eigenvalue weighted by Crippen LogP contribution is -2.22. The number of hydrogen-bond donors (Lipinski definition) is 0. The van der Waals surface area contributed by atoms with Gasteiger partial charge in [0.05, 0.1) is 10.7 Å². The molecule has 0 aliphatic heterocycles. The molecule has 1 aromatic heterocycles. The number of carbonyl (C=O) groups is 1. The number of halogens is 1. The highest BCUT2D eigenvalue weighted by Gasteiger charge is 2.12. The number of ether oxygens (including phenoxy) is 1. The van der Waals surface area contributed by atoms with E-state index in [1.165, 1.54) is 0 Å². The van der Waals surface area contributed by atoms with Crippen LogP contribution in [0.4, 0.5) is 0 Å². The quantitative estimate of drug-likeness (QED) is 0.446. The molecule has 1 heterocycles. The molecule has 90 valence electrons. The predicted molar refractivity (Wildman–Crippen MR) is 68.9 cm³/mol. The van der Waals surface area contributed by atoms with Crippen LogP contribution >= 0.6 is 11.6 Å². The van der Waals surface area contributed by atoms with Gasteiger partial charge in [-0.3, -0.25) is 4.79 Å². The maximum Gasteiger partial charge on any atom is 0.166 e. The molecule has 0 N–H and O–H groups in total. The van der Waals surface area contributed by atoms with Crippen LogP contribution in [0.3, 0.4) is 0 Å². The highest BCUT2D eigenvalue weighted by Crippen LogP contribution is 2.13. The molecule has 1 rings (SSSR count). The second-order valence-electron chi connectivity index (χ2n) is 5.02. The summed E-state index contributed by atoms with van der Waals surface area (Å²) in [6, 6.07) is 2.76. The summed E-state index contributed by atoms with van der Waals surface area (Å²) >= 11 is 5.80. The molecule has 0 fully saturated rings. The van der Waals surface area contributed by atoms with Crippen LogP contribution in [0, 0.1) is 0 Å². The zero-order valence-electron chi connectivity index (χ0n) is 10.00. The van der Waals surface area contributed by atoms with Gasteiger partial charge in [0.1, 0.15) is 6.73 Å². The molecule has 0 amide bonds. The molecule has 0 radical (unpaired) electrons. The first-order valence-electron chi connectivity index (χ1n) is 5.31. The minimum atomic E-state index is -1.04. The molecule has 0 aliphatic rings. The first-order chi connectivity index (χ1) is 7.42. The van der Waals surface area contributed by atoms with E-state index in [9.17, 15) is 4.79 Å². The van der Waals surface area contributed by atoms with Gasteiger partial charge >= 0.3 is 0 Å². The Labute approximate surface area is 102 Å². The Balaban J connectivity index is 2.40. The summed E-state index contributed by atoms with van der Waals surface area (Å²) in [5, 5.41) is 0.566. The van der Waals surface area contributed by atoms with Crippen molar-refractivity contribution in [1.29, 1.82) is 0 Å². The Morgan fingerprint density at radius 2 is 2.19 bits per heavy atom. The molecule has 0 aromatic carbocycles. The van der Waals surface area contributed by atoms with Crippen molar-refractivity contribution < 1.29 is 9.53 Å². The van der Waals surface area contributed by atoms with Crippen molar-refractivity contribution in [3.63, 3.8) is 0 Å². The van der Waals surface area contributed by atoms with Crippen LogP contribution in [-0.4, -0.2) is 25.5 Å². The molecule has 0 saturated carbocycles. The molecule has 3 nitrogen and oxygen atoms in total. The molecule has 0 saturated heterocycles. The van der Waals surface area contributed by atoms with Crippen LogP contribution < -0.4 is 0 Å². The molecule has 0 aliphatic carbocycles. The Kier molecular flexibility index (Phi) is 4.77. The smallest absolute Gasteiger partial charge is 0.166 e. The summed E-state index contributed by atoms with van der Waals surface area (Å²) in [6.07, 6.45) is 2.49. The Morgan fingerprint density at radius 1 is 1.50 bits per heavy atom. The number of carbonyl (C=O) groups excluding carboxylic acids is 1. The van der Waals surface area contributed by atoms with Crippen molar-refractivity contribution >= 4 is 26.0 Å². The summed E-state index contributed by atoms with van der Waals surface area (Å²) in [5.41, 5.74) is 0.554. The predicted octanol–water partition coefficient (Wildman–Crippen LogP) is 3.27. The van der Waals surface area contributed by atoms with E-state index in [-0.39, 0.29) is 0 Å². The minimum absolute atomic E-state index is 0.394. The second kappa shape index (κ2) is 5.66. The fourth-order valence-corrected chi connectivity index (χ4v) is 2.23. The van der Waals surface area contributed by atoms with Crippen molar-refractivity contribution in [2.24, 2.45) is 0 Å². The highest BCUT2D eigenvalue weighted by molar-refractivity contribution is 6.76. The first kappa shape index (κ1) is 13.5. The van der Waals surface area contributed by atoms with E-state index in [1.807, 2.05) is 0 Å². The molecule has 16 heavy (non-hydrogen) atoms. The molecular formula is C11H18ClNO2Si. The Hall–Kier alpha value is -0.583. The average Bonchev–Trinajstić information content (AvgIpc) is 2.52. The van der Waals surface area contributed by atoms with Crippen LogP contribution in [0.15, 0.2) is 12.3 Å². The Bertz CT molecular complexity index is 357. The van der Waals surface area contributed by atoms with Gasteiger partial charge in [-0.1, -0.05) is 31.2 Å². The van der Waals surface area contributed by atoms with Gasteiger partial charge in [0.15, 0.2) is 6.29 Å². The first-order valence-corrected chi connectivity index (χ1v) is 9.39. The van der Waals surface area contributed by atoms with E-state index in [2.05, 4.69) is 19.6 Å². The largest absolute Gasteiger partial charge is 0.361 e. The van der Waals surface area contributed by atoms with Gasteiger partial charge in [-0.25, -0.2) is 0 Å². The maximum absolute atomic E-state index is 10.7. The normalized spacial score (nSPS) is 11.8. The highest BCUT2D eigenvalue weighted by atomic mass is 35.5.